The number of nitrogens with one attached hydrogen (secondary N) is 1. The van der Waals surface area contributed by atoms with E-state index in [1.165, 1.54) is 7.11 Å². The molecular formula is C11H20F3NO2. The highest BCUT2D eigenvalue weighted by molar-refractivity contribution is 5.79. The van der Waals surface area contributed by atoms with Gasteiger partial charge in [-0.05, 0) is 33.6 Å². The SMILES string of the molecule is COC(=O)C(C)(C)NC(C)CCCC(F)(F)F. The molecule has 0 radical (unpaired) electrons. The van der Waals surface area contributed by atoms with Crippen molar-refractivity contribution in [1.29, 1.82) is 0 Å². The molecule has 0 heterocycles. The minimum atomic E-state index is -4.11. The van der Waals surface area contributed by atoms with Crippen LogP contribution in [0.3, 0.4) is 0 Å². The molecule has 0 spiro atoms. The van der Waals surface area contributed by atoms with Crippen molar-refractivity contribution < 1.29 is 22.7 Å². The van der Waals surface area contributed by atoms with Crippen LogP contribution < -0.4 is 5.32 Å². The third-order valence-electron chi connectivity index (χ3n) is 2.40. The van der Waals surface area contributed by atoms with E-state index in [2.05, 4.69) is 10.1 Å². The van der Waals surface area contributed by atoms with Gasteiger partial charge in [-0.2, -0.15) is 13.2 Å². The molecule has 1 unspecified atom stereocenters. The molecule has 1 atom stereocenters. The highest BCUT2D eigenvalue weighted by atomic mass is 19.4. The fraction of sp³-hybridized carbons (Fsp3) is 0.909. The fourth-order valence-corrected chi connectivity index (χ4v) is 1.61. The maximum atomic E-state index is 11.9. The van der Waals surface area contributed by atoms with Gasteiger partial charge in [0, 0.05) is 12.5 Å². The number of alkyl halides is 3. The van der Waals surface area contributed by atoms with Gasteiger partial charge in [0.1, 0.15) is 5.54 Å². The molecule has 6 heteroatoms. The van der Waals surface area contributed by atoms with Crippen molar-refractivity contribution in [2.75, 3.05) is 7.11 Å². The first-order valence-electron chi connectivity index (χ1n) is 5.51. The van der Waals surface area contributed by atoms with Crippen LogP contribution in [-0.4, -0.2) is 30.8 Å². The molecule has 0 aromatic carbocycles. The topological polar surface area (TPSA) is 38.3 Å². The Morgan fingerprint density at radius 1 is 1.35 bits per heavy atom. The smallest absolute Gasteiger partial charge is 0.389 e. The van der Waals surface area contributed by atoms with Crippen molar-refractivity contribution in [2.45, 2.75) is 57.8 Å². The Balaban J connectivity index is 4.01. The van der Waals surface area contributed by atoms with E-state index in [1.807, 2.05) is 0 Å². The molecule has 0 amide bonds. The van der Waals surface area contributed by atoms with Gasteiger partial charge < -0.3 is 4.74 Å². The van der Waals surface area contributed by atoms with Gasteiger partial charge in [-0.25, -0.2) is 0 Å². The summed E-state index contributed by atoms with van der Waals surface area (Å²) in [7, 11) is 1.28. The summed E-state index contributed by atoms with van der Waals surface area (Å²) in [5, 5.41) is 2.95. The van der Waals surface area contributed by atoms with Crippen LogP contribution in [-0.2, 0) is 9.53 Å². The van der Waals surface area contributed by atoms with Crippen LogP contribution in [0.5, 0.6) is 0 Å². The van der Waals surface area contributed by atoms with E-state index in [-0.39, 0.29) is 12.5 Å². The molecule has 0 fully saturated rings. The highest BCUT2D eigenvalue weighted by Crippen LogP contribution is 2.23. The summed E-state index contributed by atoms with van der Waals surface area (Å²) >= 11 is 0. The molecule has 0 bridgehead atoms. The summed E-state index contributed by atoms with van der Waals surface area (Å²) in [5.74, 6) is -0.430. The van der Waals surface area contributed by atoms with Crippen LogP contribution in [0.15, 0.2) is 0 Å². The third kappa shape index (κ3) is 7.20. The van der Waals surface area contributed by atoms with Crippen molar-refractivity contribution in [3.05, 3.63) is 0 Å². The van der Waals surface area contributed by atoms with Crippen LogP contribution in [0, 0.1) is 0 Å². The fourth-order valence-electron chi connectivity index (χ4n) is 1.61. The van der Waals surface area contributed by atoms with Gasteiger partial charge in [-0.1, -0.05) is 0 Å². The summed E-state index contributed by atoms with van der Waals surface area (Å²) in [4.78, 5) is 11.3. The van der Waals surface area contributed by atoms with E-state index in [9.17, 15) is 18.0 Å². The van der Waals surface area contributed by atoms with Gasteiger partial charge in [0.05, 0.1) is 7.11 Å². The monoisotopic (exact) mass is 255 g/mol. The molecular weight excluding hydrogens is 235 g/mol. The van der Waals surface area contributed by atoms with Crippen LogP contribution in [0.4, 0.5) is 13.2 Å². The van der Waals surface area contributed by atoms with Crippen LogP contribution in [0.2, 0.25) is 0 Å². The van der Waals surface area contributed by atoms with E-state index in [0.717, 1.165) is 0 Å². The van der Waals surface area contributed by atoms with Crippen molar-refractivity contribution in [2.24, 2.45) is 0 Å². The molecule has 0 aliphatic rings. The van der Waals surface area contributed by atoms with Crippen molar-refractivity contribution in [3.63, 3.8) is 0 Å². The lowest BCUT2D eigenvalue weighted by atomic mass is 10.0. The van der Waals surface area contributed by atoms with Crippen molar-refractivity contribution >= 4 is 5.97 Å². The lowest BCUT2D eigenvalue weighted by Gasteiger charge is -2.27. The first-order valence-corrected chi connectivity index (χ1v) is 5.51. The molecule has 17 heavy (non-hydrogen) atoms. The molecule has 0 aliphatic carbocycles. The Morgan fingerprint density at radius 2 is 1.88 bits per heavy atom. The Bertz CT molecular complexity index is 252. The first-order chi connectivity index (χ1) is 7.58. The zero-order valence-corrected chi connectivity index (χ0v) is 10.6. The van der Waals surface area contributed by atoms with Crippen molar-refractivity contribution in [1.82, 2.24) is 5.32 Å². The van der Waals surface area contributed by atoms with Gasteiger partial charge in [0.25, 0.3) is 0 Å². The summed E-state index contributed by atoms with van der Waals surface area (Å²) in [6.07, 6.45) is -4.50. The molecule has 1 N–H and O–H groups in total. The van der Waals surface area contributed by atoms with E-state index in [4.69, 9.17) is 0 Å². The minimum absolute atomic E-state index is 0.0505. The largest absolute Gasteiger partial charge is 0.468 e. The van der Waals surface area contributed by atoms with Gasteiger partial charge in [-0.15, -0.1) is 0 Å². The molecule has 0 aromatic rings. The maximum absolute atomic E-state index is 11.9. The Labute approximate surface area is 99.7 Å². The van der Waals surface area contributed by atoms with Gasteiger partial charge >= 0.3 is 12.1 Å². The lowest BCUT2D eigenvalue weighted by molar-refractivity contribution is -0.147. The zero-order valence-electron chi connectivity index (χ0n) is 10.6. The Morgan fingerprint density at radius 3 is 2.29 bits per heavy atom. The Kier molecular flexibility index (Phi) is 5.95. The molecule has 102 valence electrons. The molecule has 0 rings (SSSR count). The average Bonchev–Trinajstić information content (AvgIpc) is 2.13. The standard InChI is InChI=1S/C11H20F3NO2/c1-8(6-5-7-11(12,13)14)15-10(2,3)9(16)17-4/h8,15H,5-7H2,1-4H3. The number of halogens is 3. The second-order valence-electron chi connectivity index (χ2n) is 4.67. The minimum Gasteiger partial charge on any atom is -0.468 e. The summed E-state index contributed by atoms with van der Waals surface area (Å²) in [6, 6.07) is -0.175. The molecule has 0 aromatic heterocycles. The summed E-state index contributed by atoms with van der Waals surface area (Å²) in [6.45, 7) is 5.03. The van der Waals surface area contributed by atoms with Crippen LogP contribution in [0.1, 0.15) is 40.0 Å². The normalized spacial score (nSPS) is 14.5. The first kappa shape index (κ1) is 16.2. The second kappa shape index (κ2) is 6.23. The average molecular weight is 255 g/mol. The third-order valence-corrected chi connectivity index (χ3v) is 2.40. The number of rotatable bonds is 6. The van der Waals surface area contributed by atoms with Gasteiger partial charge in [0.15, 0.2) is 0 Å². The molecule has 0 aliphatic heterocycles. The number of ether oxygens (including phenoxy) is 1. The van der Waals surface area contributed by atoms with Gasteiger partial charge in [0.2, 0.25) is 0 Å². The zero-order chi connectivity index (χ0) is 13.7. The van der Waals surface area contributed by atoms with Crippen LogP contribution >= 0.6 is 0 Å². The van der Waals surface area contributed by atoms with E-state index in [0.29, 0.717) is 6.42 Å². The number of hydrogen-bond donors (Lipinski definition) is 1. The quantitative estimate of drug-likeness (QED) is 0.741. The van der Waals surface area contributed by atoms with E-state index in [1.54, 1.807) is 20.8 Å². The molecule has 0 saturated carbocycles. The lowest BCUT2D eigenvalue weighted by Crippen LogP contribution is -2.51. The second-order valence-corrected chi connectivity index (χ2v) is 4.67. The van der Waals surface area contributed by atoms with Crippen molar-refractivity contribution in [3.8, 4) is 0 Å². The number of methoxy groups -OCH3 is 1. The molecule has 0 saturated heterocycles. The predicted molar refractivity (Wildman–Crippen MR) is 58.6 cm³/mol. The number of esters is 1. The number of carbonyl (C=O) groups excluding carboxylic acids is 1. The van der Waals surface area contributed by atoms with E-state index < -0.39 is 24.1 Å². The number of carbonyl (C=O) groups is 1. The predicted octanol–water partition coefficient (Wildman–Crippen LogP) is 2.65. The maximum Gasteiger partial charge on any atom is 0.389 e. The summed E-state index contributed by atoms with van der Waals surface area (Å²) in [5.41, 5.74) is -0.883. The highest BCUT2D eigenvalue weighted by Gasteiger charge is 2.30. The van der Waals surface area contributed by atoms with E-state index >= 15 is 0 Å². The number of hydrogen-bond acceptors (Lipinski definition) is 3. The summed E-state index contributed by atoms with van der Waals surface area (Å²) < 4.78 is 40.4. The Hall–Kier alpha value is -0.780. The molecule has 3 nitrogen and oxygen atoms in total. The van der Waals surface area contributed by atoms with Crippen LogP contribution in [0.25, 0.3) is 0 Å². The van der Waals surface area contributed by atoms with Gasteiger partial charge in [-0.3, -0.25) is 10.1 Å².